The van der Waals surface area contributed by atoms with Crippen LogP contribution < -0.4 is 0 Å². The number of fused-ring (bicyclic) bond motifs is 3. The highest BCUT2D eigenvalue weighted by Gasteiger charge is 2.48. The molecule has 146 valence electrons. The van der Waals surface area contributed by atoms with Crippen LogP contribution in [-0.2, 0) is 11.3 Å². The molecule has 2 fully saturated rings. The summed E-state index contributed by atoms with van der Waals surface area (Å²) in [6.45, 7) is 5.27. The normalized spacial score (nSPS) is 24.0. The predicted molar refractivity (Wildman–Crippen MR) is 111 cm³/mol. The molecule has 2 aromatic heterocycles. The number of aromatic amines is 1. The van der Waals surface area contributed by atoms with Crippen LogP contribution in [0.5, 0.6) is 0 Å². The van der Waals surface area contributed by atoms with Crippen molar-refractivity contribution in [2.24, 2.45) is 11.8 Å². The molecule has 0 radical (unpaired) electrons. The van der Waals surface area contributed by atoms with E-state index in [4.69, 9.17) is 0 Å². The van der Waals surface area contributed by atoms with Crippen LogP contribution >= 0.6 is 0 Å². The van der Waals surface area contributed by atoms with E-state index < -0.39 is 0 Å². The second-order valence-electron chi connectivity index (χ2n) is 8.92. The SMILES string of the molecule is CC(C)CC(=O)N1C2CCC1C(Cn1ccc3cc(-c4cn[nH]c4)ccc31)C2. The molecule has 2 aliphatic rings. The van der Waals surface area contributed by atoms with Crippen LogP contribution in [0.15, 0.2) is 42.9 Å². The fraction of sp³-hybridized carbons (Fsp3) is 0.478. The summed E-state index contributed by atoms with van der Waals surface area (Å²) in [5, 5.41) is 8.19. The Morgan fingerprint density at radius 3 is 2.93 bits per heavy atom. The van der Waals surface area contributed by atoms with Gasteiger partial charge in [0.1, 0.15) is 0 Å². The average Bonchev–Trinajstić information content (AvgIpc) is 3.45. The van der Waals surface area contributed by atoms with Gasteiger partial charge in [0.25, 0.3) is 0 Å². The van der Waals surface area contributed by atoms with Gasteiger partial charge in [-0.1, -0.05) is 19.9 Å². The average molecular weight is 377 g/mol. The number of carbonyl (C=O) groups excluding carboxylic acids is 1. The summed E-state index contributed by atoms with van der Waals surface area (Å²) in [5.74, 6) is 1.37. The van der Waals surface area contributed by atoms with Gasteiger partial charge in [0.15, 0.2) is 0 Å². The minimum Gasteiger partial charge on any atom is -0.347 e. The van der Waals surface area contributed by atoms with E-state index >= 15 is 0 Å². The highest BCUT2D eigenvalue weighted by atomic mass is 16.2. The van der Waals surface area contributed by atoms with Crippen molar-refractivity contribution in [3.05, 3.63) is 42.9 Å². The third kappa shape index (κ3) is 2.93. The summed E-state index contributed by atoms with van der Waals surface area (Å²) in [5.41, 5.74) is 3.57. The summed E-state index contributed by atoms with van der Waals surface area (Å²) in [7, 11) is 0. The Hall–Kier alpha value is -2.56. The van der Waals surface area contributed by atoms with Crippen molar-refractivity contribution >= 4 is 16.8 Å². The number of amides is 1. The molecule has 5 nitrogen and oxygen atoms in total. The minimum atomic E-state index is 0.368. The molecule has 3 aromatic rings. The topological polar surface area (TPSA) is 53.9 Å². The van der Waals surface area contributed by atoms with Crippen molar-refractivity contribution in [3.63, 3.8) is 0 Å². The number of nitrogens with zero attached hydrogens (tertiary/aromatic N) is 3. The van der Waals surface area contributed by atoms with Crippen LogP contribution in [0.4, 0.5) is 0 Å². The number of nitrogens with one attached hydrogen (secondary N) is 1. The largest absolute Gasteiger partial charge is 0.347 e. The predicted octanol–water partition coefficient (Wildman–Crippen LogP) is 4.46. The maximum Gasteiger partial charge on any atom is 0.223 e. The second kappa shape index (κ2) is 6.80. The van der Waals surface area contributed by atoms with Gasteiger partial charge in [-0.05, 0) is 54.9 Å². The van der Waals surface area contributed by atoms with E-state index in [1.54, 1.807) is 0 Å². The molecule has 1 N–H and O–H groups in total. The Morgan fingerprint density at radius 2 is 2.14 bits per heavy atom. The van der Waals surface area contributed by atoms with Crippen molar-refractivity contribution in [1.29, 1.82) is 0 Å². The molecule has 4 heterocycles. The van der Waals surface area contributed by atoms with Crippen molar-refractivity contribution in [2.75, 3.05) is 0 Å². The van der Waals surface area contributed by atoms with Crippen LogP contribution in [0, 0.1) is 11.8 Å². The van der Waals surface area contributed by atoms with E-state index in [1.807, 2.05) is 12.4 Å². The van der Waals surface area contributed by atoms with Gasteiger partial charge in [-0.3, -0.25) is 9.89 Å². The molecule has 1 amide bonds. The molecule has 2 bridgehead atoms. The zero-order valence-electron chi connectivity index (χ0n) is 16.6. The summed E-state index contributed by atoms with van der Waals surface area (Å²) < 4.78 is 2.38. The quantitative estimate of drug-likeness (QED) is 0.715. The Balaban J connectivity index is 1.35. The second-order valence-corrected chi connectivity index (χ2v) is 8.92. The van der Waals surface area contributed by atoms with Gasteiger partial charge in [-0.25, -0.2) is 0 Å². The van der Waals surface area contributed by atoms with Crippen LogP contribution in [-0.4, -0.2) is 37.7 Å². The summed E-state index contributed by atoms with van der Waals surface area (Å²) in [4.78, 5) is 15.0. The van der Waals surface area contributed by atoms with E-state index in [2.05, 4.69) is 64.0 Å². The Kier molecular flexibility index (Phi) is 4.26. The lowest BCUT2D eigenvalue weighted by Crippen LogP contribution is -2.37. The van der Waals surface area contributed by atoms with E-state index in [1.165, 1.54) is 29.3 Å². The van der Waals surface area contributed by atoms with Gasteiger partial charge in [-0.15, -0.1) is 0 Å². The third-order valence-electron chi connectivity index (χ3n) is 6.57. The molecular formula is C23H28N4O. The number of aromatic nitrogens is 3. The van der Waals surface area contributed by atoms with Gasteiger partial charge in [0.05, 0.1) is 6.20 Å². The van der Waals surface area contributed by atoms with Gasteiger partial charge in [0.2, 0.25) is 5.91 Å². The van der Waals surface area contributed by atoms with Gasteiger partial charge >= 0.3 is 0 Å². The molecule has 5 heteroatoms. The van der Waals surface area contributed by atoms with Crippen LogP contribution in [0.2, 0.25) is 0 Å². The number of carbonyl (C=O) groups is 1. The Bertz CT molecular complexity index is 987. The van der Waals surface area contributed by atoms with Gasteiger partial charge in [-0.2, -0.15) is 5.10 Å². The van der Waals surface area contributed by atoms with Crippen LogP contribution in [0.25, 0.3) is 22.0 Å². The lowest BCUT2D eigenvalue weighted by Gasteiger charge is -2.25. The van der Waals surface area contributed by atoms with E-state index in [9.17, 15) is 4.79 Å². The number of hydrogen-bond donors (Lipinski definition) is 1. The number of H-pyrrole nitrogens is 1. The Morgan fingerprint density at radius 1 is 1.25 bits per heavy atom. The lowest BCUT2D eigenvalue weighted by molar-refractivity contribution is -0.133. The van der Waals surface area contributed by atoms with E-state index in [-0.39, 0.29) is 0 Å². The first-order valence-corrected chi connectivity index (χ1v) is 10.5. The maximum absolute atomic E-state index is 12.7. The zero-order valence-corrected chi connectivity index (χ0v) is 16.6. The zero-order chi connectivity index (χ0) is 19.3. The molecular weight excluding hydrogens is 348 g/mol. The van der Waals surface area contributed by atoms with Gasteiger partial charge in [0, 0.05) is 53.9 Å². The molecule has 3 atom stereocenters. The fourth-order valence-electron chi connectivity index (χ4n) is 5.35. The molecule has 0 aliphatic carbocycles. The monoisotopic (exact) mass is 376 g/mol. The minimum absolute atomic E-state index is 0.368. The first-order valence-electron chi connectivity index (χ1n) is 10.5. The highest BCUT2D eigenvalue weighted by molar-refractivity contribution is 5.85. The summed E-state index contributed by atoms with van der Waals surface area (Å²) >= 11 is 0. The standard InChI is InChI=1S/C23H28N4O/c1-15(2)9-23(28)27-20-4-6-22(27)18(11-20)14-26-8-7-17-10-16(3-5-21(17)26)19-12-24-25-13-19/h3,5,7-8,10,12-13,15,18,20,22H,4,6,9,11,14H2,1-2H3,(H,24,25). The summed E-state index contributed by atoms with van der Waals surface area (Å²) in [6, 6.07) is 9.72. The van der Waals surface area contributed by atoms with Gasteiger partial charge < -0.3 is 9.47 Å². The van der Waals surface area contributed by atoms with E-state index in [0.717, 1.165) is 18.5 Å². The summed E-state index contributed by atoms with van der Waals surface area (Å²) in [6.07, 6.45) is 10.2. The molecule has 2 aliphatic heterocycles. The lowest BCUT2D eigenvalue weighted by atomic mass is 9.89. The molecule has 0 saturated carbocycles. The molecule has 3 unspecified atom stereocenters. The van der Waals surface area contributed by atoms with E-state index in [0.29, 0.717) is 36.2 Å². The Labute approximate surface area is 165 Å². The van der Waals surface area contributed by atoms with Crippen molar-refractivity contribution in [1.82, 2.24) is 19.7 Å². The van der Waals surface area contributed by atoms with Crippen molar-refractivity contribution in [3.8, 4) is 11.1 Å². The molecule has 1 aromatic carbocycles. The molecule has 0 spiro atoms. The first-order chi connectivity index (χ1) is 13.6. The number of benzene rings is 1. The fourth-order valence-corrected chi connectivity index (χ4v) is 5.35. The smallest absolute Gasteiger partial charge is 0.223 e. The van der Waals surface area contributed by atoms with Crippen molar-refractivity contribution in [2.45, 2.75) is 58.2 Å². The number of hydrogen-bond acceptors (Lipinski definition) is 2. The maximum atomic E-state index is 12.7. The van der Waals surface area contributed by atoms with Crippen LogP contribution in [0.1, 0.15) is 39.5 Å². The molecule has 2 saturated heterocycles. The van der Waals surface area contributed by atoms with Crippen LogP contribution in [0.3, 0.4) is 0 Å². The first kappa shape index (κ1) is 17.5. The molecule has 28 heavy (non-hydrogen) atoms. The highest BCUT2D eigenvalue weighted by Crippen LogP contribution is 2.43. The number of rotatable bonds is 5. The third-order valence-corrected chi connectivity index (χ3v) is 6.57. The van der Waals surface area contributed by atoms with Crippen molar-refractivity contribution < 1.29 is 4.79 Å². The molecule has 5 rings (SSSR count).